The number of nitrogens with zero attached hydrogens (tertiary/aromatic N) is 3. The quantitative estimate of drug-likeness (QED) is 0.785. The fraction of sp³-hybridized carbons (Fsp3) is 0.273. The van der Waals surface area contributed by atoms with Crippen LogP contribution < -0.4 is 11.1 Å². The summed E-state index contributed by atoms with van der Waals surface area (Å²) in [4.78, 5) is 4.41. The Balaban J connectivity index is 2.08. The van der Waals surface area contributed by atoms with E-state index in [1.807, 2.05) is 6.92 Å². The molecule has 2 aromatic heterocycles. The highest BCUT2D eigenvalue weighted by Crippen LogP contribution is 2.12. The highest BCUT2D eigenvalue weighted by atomic mass is 32.1. The molecular weight excluding hydrogens is 250 g/mol. The van der Waals surface area contributed by atoms with Gasteiger partial charge in [-0.25, -0.2) is 4.98 Å². The summed E-state index contributed by atoms with van der Waals surface area (Å²) in [6, 6.07) is 1.71. The van der Waals surface area contributed by atoms with Gasteiger partial charge in [0.1, 0.15) is 10.7 Å². The monoisotopic (exact) mass is 263 g/mol. The molecule has 0 saturated heterocycles. The molecule has 0 bridgehead atoms. The molecule has 0 saturated carbocycles. The van der Waals surface area contributed by atoms with Crippen LogP contribution in [0.3, 0.4) is 0 Å². The predicted octanol–water partition coefficient (Wildman–Crippen LogP) is 1.27. The summed E-state index contributed by atoms with van der Waals surface area (Å²) in [5, 5.41) is 10.8. The first-order valence-electron chi connectivity index (χ1n) is 5.49. The standard InChI is InChI=1S/C11H13N5OS/c1-2-7-5-13-9(17-7)6-14-11-8(10(12)18)3-4-15-16-11/h3-5H,2,6H2,1H3,(H2,12,18)(H,14,16). The number of thiocarbonyl (C=S) groups is 1. The Bertz CT molecular complexity index is 554. The van der Waals surface area contributed by atoms with E-state index in [4.69, 9.17) is 22.4 Å². The molecule has 0 aliphatic rings. The van der Waals surface area contributed by atoms with Gasteiger partial charge in [-0.2, -0.15) is 5.10 Å². The Morgan fingerprint density at radius 2 is 2.39 bits per heavy atom. The molecule has 2 rings (SSSR count). The average Bonchev–Trinajstić information content (AvgIpc) is 2.84. The van der Waals surface area contributed by atoms with Gasteiger partial charge in [0, 0.05) is 6.42 Å². The van der Waals surface area contributed by atoms with Crippen molar-refractivity contribution in [3.05, 3.63) is 35.7 Å². The molecule has 0 radical (unpaired) electrons. The van der Waals surface area contributed by atoms with Crippen LogP contribution in [0.15, 0.2) is 22.9 Å². The van der Waals surface area contributed by atoms with Crippen molar-refractivity contribution in [1.29, 1.82) is 0 Å². The van der Waals surface area contributed by atoms with Crippen LogP contribution in [0.2, 0.25) is 0 Å². The summed E-state index contributed by atoms with van der Waals surface area (Å²) in [7, 11) is 0. The van der Waals surface area contributed by atoms with E-state index in [0.29, 0.717) is 23.8 Å². The van der Waals surface area contributed by atoms with Gasteiger partial charge >= 0.3 is 0 Å². The van der Waals surface area contributed by atoms with E-state index in [-0.39, 0.29) is 4.99 Å². The number of hydrogen-bond acceptors (Lipinski definition) is 6. The van der Waals surface area contributed by atoms with Gasteiger partial charge in [0.2, 0.25) is 5.89 Å². The van der Waals surface area contributed by atoms with Crippen molar-refractivity contribution >= 4 is 23.0 Å². The van der Waals surface area contributed by atoms with Crippen LogP contribution in [-0.4, -0.2) is 20.2 Å². The fourth-order valence-electron chi connectivity index (χ4n) is 1.41. The number of rotatable bonds is 5. The molecule has 0 atom stereocenters. The van der Waals surface area contributed by atoms with E-state index in [0.717, 1.165) is 12.2 Å². The predicted molar refractivity (Wildman–Crippen MR) is 71.1 cm³/mol. The summed E-state index contributed by atoms with van der Waals surface area (Å²) in [6.45, 7) is 2.42. The second kappa shape index (κ2) is 5.54. The molecule has 0 aromatic carbocycles. The van der Waals surface area contributed by atoms with Gasteiger partial charge < -0.3 is 15.5 Å². The lowest BCUT2D eigenvalue weighted by molar-refractivity contribution is 0.465. The summed E-state index contributed by atoms with van der Waals surface area (Å²) >= 11 is 4.93. The largest absolute Gasteiger partial charge is 0.444 e. The Labute approximate surface area is 110 Å². The van der Waals surface area contributed by atoms with Crippen LogP contribution in [0.5, 0.6) is 0 Å². The summed E-state index contributed by atoms with van der Waals surface area (Å²) in [5.74, 6) is 1.97. The third-order valence-electron chi connectivity index (χ3n) is 2.34. The van der Waals surface area contributed by atoms with Crippen LogP contribution in [0, 0.1) is 0 Å². The maximum absolute atomic E-state index is 5.59. The molecule has 7 heteroatoms. The fourth-order valence-corrected chi connectivity index (χ4v) is 1.58. The van der Waals surface area contributed by atoms with Gasteiger partial charge in [-0.3, -0.25) is 0 Å². The van der Waals surface area contributed by atoms with Crippen molar-refractivity contribution in [3.63, 3.8) is 0 Å². The Morgan fingerprint density at radius 1 is 1.56 bits per heavy atom. The van der Waals surface area contributed by atoms with Gasteiger partial charge in [-0.05, 0) is 6.07 Å². The van der Waals surface area contributed by atoms with Crippen molar-refractivity contribution in [3.8, 4) is 0 Å². The molecule has 0 spiro atoms. The minimum absolute atomic E-state index is 0.272. The molecule has 0 amide bonds. The smallest absolute Gasteiger partial charge is 0.213 e. The van der Waals surface area contributed by atoms with Crippen molar-refractivity contribution in [1.82, 2.24) is 15.2 Å². The second-order valence-corrected chi connectivity index (χ2v) is 4.02. The van der Waals surface area contributed by atoms with Crippen molar-refractivity contribution < 1.29 is 4.42 Å². The first-order chi connectivity index (χ1) is 8.70. The zero-order valence-electron chi connectivity index (χ0n) is 9.88. The molecule has 3 N–H and O–H groups in total. The lowest BCUT2D eigenvalue weighted by Crippen LogP contribution is -2.15. The molecule has 0 aliphatic carbocycles. The van der Waals surface area contributed by atoms with Crippen LogP contribution in [-0.2, 0) is 13.0 Å². The lowest BCUT2D eigenvalue weighted by atomic mass is 10.3. The maximum atomic E-state index is 5.59. The van der Waals surface area contributed by atoms with E-state index in [1.54, 1.807) is 18.5 Å². The number of hydrogen-bond donors (Lipinski definition) is 2. The summed E-state index contributed by atoms with van der Waals surface area (Å²) in [5.41, 5.74) is 6.25. The van der Waals surface area contributed by atoms with Gasteiger partial charge in [-0.1, -0.05) is 19.1 Å². The first-order valence-corrected chi connectivity index (χ1v) is 5.90. The number of anilines is 1. The number of nitrogens with one attached hydrogen (secondary N) is 1. The Kier molecular flexibility index (Phi) is 3.83. The van der Waals surface area contributed by atoms with Crippen LogP contribution >= 0.6 is 12.2 Å². The van der Waals surface area contributed by atoms with Crippen molar-refractivity contribution in [2.45, 2.75) is 19.9 Å². The molecule has 94 valence electrons. The third kappa shape index (κ3) is 2.80. The molecule has 0 aliphatic heterocycles. The van der Waals surface area contributed by atoms with Crippen molar-refractivity contribution in [2.75, 3.05) is 5.32 Å². The van der Waals surface area contributed by atoms with Gasteiger partial charge in [0.05, 0.1) is 24.5 Å². The molecule has 2 heterocycles. The first kappa shape index (κ1) is 12.4. The zero-order valence-corrected chi connectivity index (χ0v) is 10.7. The lowest BCUT2D eigenvalue weighted by Gasteiger charge is -2.06. The van der Waals surface area contributed by atoms with E-state index in [2.05, 4.69) is 20.5 Å². The molecule has 6 nitrogen and oxygen atoms in total. The summed E-state index contributed by atoms with van der Waals surface area (Å²) < 4.78 is 5.47. The minimum atomic E-state index is 0.272. The van der Waals surface area contributed by atoms with E-state index in [1.165, 1.54) is 0 Å². The van der Waals surface area contributed by atoms with E-state index >= 15 is 0 Å². The van der Waals surface area contributed by atoms with Gasteiger partial charge in [0.15, 0.2) is 5.82 Å². The number of nitrogens with two attached hydrogens (primary N) is 1. The highest BCUT2D eigenvalue weighted by molar-refractivity contribution is 7.80. The van der Waals surface area contributed by atoms with Gasteiger partial charge in [0.25, 0.3) is 0 Å². The molecular formula is C11H13N5OS. The summed E-state index contributed by atoms with van der Waals surface area (Å²) in [6.07, 6.45) is 4.07. The molecule has 2 aromatic rings. The Morgan fingerprint density at radius 3 is 3.06 bits per heavy atom. The molecule has 18 heavy (non-hydrogen) atoms. The normalized spacial score (nSPS) is 10.3. The molecule has 0 fully saturated rings. The second-order valence-electron chi connectivity index (χ2n) is 3.59. The van der Waals surface area contributed by atoms with Crippen LogP contribution in [0.4, 0.5) is 5.82 Å². The third-order valence-corrected chi connectivity index (χ3v) is 2.56. The number of aryl methyl sites for hydroxylation is 1. The zero-order chi connectivity index (χ0) is 13.0. The highest BCUT2D eigenvalue weighted by Gasteiger charge is 2.08. The van der Waals surface area contributed by atoms with Gasteiger partial charge in [-0.15, -0.1) is 5.10 Å². The van der Waals surface area contributed by atoms with Crippen LogP contribution in [0.25, 0.3) is 0 Å². The minimum Gasteiger partial charge on any atom is -0.444 e. The van der Waals surface area contributed by atoms with E-state index < -0.39 is 0 Å². The Hall–Kier alpha value is -2.02. The maximum Gasteiger partial charge on any atom is 0.213 e. The number of aromatic nitrogens is 3. The number of oxazole rings is 1. The SMILES string of the molecule is CCc1cnc(CNc2nnccc2C(N)=S)o1. The van der Waals surface area contributed by atoms with Crippen LogP contribution in [0.1, 0.15) is 24.1 Å². The van der Waals surface area contributed by atoms with Crippen molar-refractivity contribution in [2.24, 2.45) is 5.73 Å². The average molecular weight is 263 g/mol. The molecule has 0 unspecified atom stereocenters. The van der Waals surface area contributed by atoms with E-state index in [9.17, 15) is 0 Å². The topological polar surface area (TPSA) is 89.9 Å².